The number of anilines is 1. The van der Waals surface area contributed by atoms with E-state index >= 15 is 0 Å². The lowest BCUT2D eigenvalue weighted by Crippen LogP contribution is -2.24. The molecule has 4 heteroatoms. The van der Waals surface area contributed by atoms with Crippen LogP contribution in [0.5, 0.6) is 0 Å². The molecule has 1 aromatic rings. The van der Waals surface area contributed by atoms with Crippen molar-refractivity contribution in [1.82, 2.24) is 4.98 Å². The molecule has 1 saturated heterocycles. The minimum absolute atomic E-state index is 0.300. The fourth-order valence-corrected chi connectivity index (χ4v) is 1.43. The lowest BCUT2D eigenvalue weighted by Gasteiger charge is -2.11. The molecule has 1 fully saturated rings. The Hall–Kier alpha value is -1.58. The van der Waals surface area contributed by atoms with E-state index < -0.39 is 0 Å². The largest absolute Gasteiger partial charge is 0.447 e. The molecule has 2 rings (SSSR count). The van der Waals surface area contributed by atoms with Crippen LogP contribution in [-0.2, 0) is 11.2 Å². The second kappa shape index (κ2) is 3.65. The van der Waals surface area contributed by atoms with Gasteiger partial charge in [-0.3, -0.25) is 4.90 Å². The van der Waals surface area contributed by atoms with Crippen LogP contribution in [0.1, 0.15) is 12.5 Å². The number of rotatable bonds is 2. The summed E-state index contributed by atoms with van der Waals surface area (Å²) in [5.41, 5.74) is 1.18. The molecule has 0 aromatic carbocycles. The van der Waals surface area contributed by atoms with Crippen molar-refractivity contribution in [1.29, 1.82) is 0 Å². The number of amides is 1. The maximum absolute atomic E-state index is 11.2. The van der Waals surface area contributed by atoms with E-state index in [1.165, 1.54) is 5.56 Å². The molecular weight excluding hydrogens is 180 g/mol. The van der Waals surface area contributed by atoms with Gasteiger partial charge in [0.15, 0.2) is 0 Å². The number of pyridine rings is 1. The van der Waals surface area contributed by atoms with Crippen LogP contribution in [-0.4, -0.2) is 24.2 Å². The average Bonchev–Trinajstić information content (AvgIpc) is 2.65. The number of cyclic esters (lactones) is 1. The zero-order valence-corrected chi connectivity index (χ0v) is 8.06. The molecule has 1 aliphatic heterocycles. The van der Waals surface area contributed by atoms with Crippen LogP contribution >= 0.6 is 0 Å². The van der Waals surface area contributed by atoms with E-state index in [1.54, 1.807) is 11.1 Å². The standard InChI is InChI=1S/C10H12N2O2/c1-2-8-3-4-11-9(7-8)12-5-6-14-10(12)13/h3-4,7H,2,5-6H2,1H3. The Kier molecular flexibility index (Phi) is 2.35. The Morgan fingerprint density at radius 2 is 2.50 bits per heavy atom. The summed E-state index contributed by atoms with van der Waals surface area (Å²) in [5.74, 6) is 0.687. The van der Waals surface area contributed by atoms with Crippen LogP contribution in [0.15, 0.2) is 18.3 Å². The summed E-state index contributed by atoms with van der Waals surface area (Å²) in [7, 11) is 0. The molecule has 1 aromatic heterocycles. The molecule has 0 atom stereocenters. The van der Waals surface area contributed by atoms with Gasteiger partial charge in [-0.25, -0.2) is 9.78 Å². The summed E-state index contributed by atoms with van der Waals surface area (Å²) in [6.07, 6.45) is 2.36. The summed E-state index contributed by atoms with van der Waals surface area (Å²) >= 11 is 0. The van der Waals surface area contributed by atoms with Crippen LogP contribution in [0.25, 0.3) is 0 Å². The molecular formula is C10H12N2O2. The topological polar surface area (TPSA) is 42.4 Å². The monoisotopic (exact) mass is 192 g/mol. The van der Waals surface area contributed by atoms with Crippen molar-refractivity contribution in [3.05, 3.63) is 23.9 Å². The molecule has 0 N–H and O–H groups in total. The number of aromatic nitrogens is 1. The fraction of sp³-hybridized carbons (Fsp3) is 0.400. The lowest BCUT2D eigenvalue weighted by atomic mass is 10.2. The van der Waals surface area contributed by atoms with Gasteiger partial charge in [0.1, 0.15) is 12.4 Å². The fourth-order valence-electron chi connectivity index (χ4n) is 1.43. The molecule has 0 aliphatic carbocycles. The normalized spacial score (nSPS) is 15.8. The number of carbonyl (C=O) groups is 1. The number of nitrogens with zero attached hydrogens (tertiary/aromatic N) is 2. The van der Waals surface area contributed by atoms with Crippen LogP contribution in [0.4, 0.5) is 10.6 Å². The van der Waals surface area contributed by atoms with Gasteiger partial charge < -0.3 is 4.74 Å². The zero-order valence-electron chi connectivity index (χ0n) is 8.06. The molecule has 2 heterocycles. The quantitative estimate of drug-likeness (QED) is 0.714. The molecule has 1 amide bonds. The number of hydrogen-bond donors (Lipinski definition) is 0. The first-order chi connectivity index (χ1) is 6.81. The molecule has 4 nitrogen and oxygen atoms in total. The second-order valence-electron chi connectivity index (χ2n) is 3.14. The van der Waals surface area contributed by atoms with E-state index in [1.807, 2.05) is 12.1 Å². The molecule has 1 aliphatic rings. The predicted molar refractivity (Wildman–Crippen MR) is 52.3 cm³/mol. The summed E-state index contributed by atoms with van der Waals surface area (Å²) in [4.78, 5) is 16.9. The Bertz CT molecular complexity index is 352. The zero-order chi connectivity index (χ0) is 9.97. The van der Waals surface area contributed by atoms with Gasteiger partial charge in [0.2, 0.25) is 0 Å². The molecule has 0 unspecified atom stereocenters. The van der Waals surface area contributed by atoms with Crippen molar-refractivity contribution < 1.29 is 9.53 Å². The summed E-state index contributed by atoms with van der Waals surface area (Å²) in [6, 6.07) is 3.87. The molecule has 0 saturated carbocycles. The van der Waals surface area contributed by atoms with Crippen molar-refractivity contribution in [2.24, 2.45) is 0 Å². The van der Waals surface area contributed by atoms with E-state index in [-0.39, 0.29) is 6.09 Å². The third-order valence-electron chi connectivity index (χ3n) is 2.26. The number of ether oxygens (including phenoxy) is 1. The third kappa shape index (κ3) is 1.55. The van der Waals surface area contributed by atoms with Crippen LogP contribution in [0, 0.1) is 0 Å². The van der Waals surface area contributed by atoms with Crippen molar-refractivity contribution in [3.8, 4) is 0 Å². The van der Waals surface area contributed by atoms with E-state index in [9.17, 15) is 4.79 Å². The van der Waals surface area contributed by atoms with Gasteiger partial charge in [0.25, 0.3) is 0 Å². The molecule has 14 heavy (non-hydrogen) atoms. The molecule has 0 bridgehead atoms. The Morgan fingerprint density at radius 1 is 1.64 bits per heavy atom. The van der Waals surface area contributed by atoms with Gasteiger partial charge in [-0.1, -0.05) is 6.92 Å². The summed E-state index contributed by atoms with van der Waals surface area (Å²) < 4.78 is 4.84. The maximum atomic E-state index is 11.2. The minimum Gasteiger partial charge on any atom is -0.447 e. The number of carbonyl (C=O) groups excluding carboxylic acids is 1. The third-order valence-corrected chi connectivity index (χ3v) is 2.26. The smallest absolute Gasteiger partial charge is 0.415 e. The van der Waals surface area contributed by atoms with E-state index in [4.69, 9.17) is 4.74 Å². The first-order valence-electron chi connectivity index (χ1n) is 4.70. The van der Waals surface area contributed by atoms with E-state index in [0.29, 0.717) is 19.0 Å². The highest BCUT2D eigenvalue weighted by Gasteiger charge is 2.24. The first-order valence-corrected chi connectivity index (χ1v) is 4.70. The predicted octanol–water partition coefficient (Wildman–Crippen LogP) is 1.60. The van der Waals surface area contributed by atoms with Crippen LogP contribution < -0.4 is 4.90 Å². The van der Waals surface area contributed by atoms with Crippen LogP contribution in [0.2, 0.25) is 0 Å². The SMILES string of the molecule is CCc1ccnc(N2CCOC2=O)c1. The van der Waals surface area contributed by atoms with Crippen molar-refractivity contribution >= 4 is 11.9 Å². The highest BCUT2D eigenvalue weighted by atomic mass is 16.6. The summed E-state index contributed by atoms with van der Waals surface area (Å²) in [5, 5.41) is 0. The number of hydrogen-bond acceptors (Lipinski definition) is 3. The Labute approximate surface area is 82.5 Å². The second-order valence-corrected chi connectivity index (χ2v) is 3.14. The van der Waals surface area contributed by atoms with Gasteiger partial charge in [0, 0.05) is 6.20 Å². The van der Waals surface area contributed by atoms with Crippen molar-refractivity contribution in [2.45, 2.75) is 13.3 Å². The Morgan fingerprint density at radius 3 is 3.14 bits per heavy atom. The average molecular weight is 192 g/mol. The van der Waals surface area contributed by atoms with Gasteiger partial charge in [0.05, 0.1) is 6.54 Å². The van der Waals surface area contributed by atoms with Gasteiger partial charge in [-0.15, -0.1) is 0 Å². The van der Waals surface area contributed by atoms with Crippen molar-refractivity contribution in [2.75, 3.05) is 18.1 Å². The van der Waals surface area contributed by atoms with Crippen molar-refractivity contribution in [3.63, 3.8) is 0 Å². The minimum atomic E-state index is -0.300. The molecule has 0 spiro atoms. The Balaban J connectivity index is 2.26. The maximum Gasteiger partial charge on any atom is 0.415 e. The van der Waals surface area contributed by atoms with Gasteiger partial charge in [-0.05, 0) is 24.1 Å². The van der Waals surface area contributed by atoms with Gasteiger partial charge in [-0.2, -0.15) is 0 Å². The van der Waals surface area contributed by atoms with E-state index in [2.05, 4.69) is 11.9 Å². The molecule has 0 radical (unpaired) electrons. The lowest BCUT2D eigenvalue weighted by molar-refractivity contribution is 0.181. The summed E-state index contributed by atoms with van der Waals surface area (Å²) in [6.45, 7) is 3.12. The first kappa shape index (κ1) is 8.99. The van der Waals surface area contributed by atoms with Crippen LogP contribution in [0.3, 0.4) is 0 Å². The highest BCUT2D eigenvalue weighted by molar-refractivity contribution is 5.88. The molecule has 74 valence electrons. The van der Waals surface area contributed by atoms with E-state index in [0.717, 1.165) is 6.42 Å². The highest BCUT2D eigenvalue weighted by Crippen LogP contribution is 2.16. The van der Waals surface area contributed by atoms with Gasteiger partial charge >= 0.3 is 6.09 Å². The number of aryl methyl sites for hydroxylation is 1.